The van der Waals surface area contributed by atoms with E-state index in [2.05, 4.69) is 16.9 Å². The number of hydrogen-bond acceptors (Lipinski definition) is 5. The minimum Gasteiger partial charge on any atom is -0.344 e. The second-order valence-electron chi connectivity index (χ2n) is 6.98. The second-order valence-corrected chi connectivity index (χ2v) is 9.33. The number of rotatable bonds is 8. The Morgan fingerprint density at radius 1 is 1.22 bits per heavy atom. The van der Waals surface area contributed by atoms with Crippen molar-refractivity contribution in [3.05, 3.63) is 105 Å². The lowest BCUT2D eigenvalue weighted by atomic mass is 10.1. The van der Waals surface area contributed by atoms with E-state index in [1.54, 1.807) is 35.6 Å². The first-order valence-corrected chi connectivity index (χ1v) is 12.1. The van der Waals surface area contributed by atoms with Crippen molar-refractivity contribution in [2.24, 2.45) is 0 Å². The molecule has 0 unspecified atom stereocenters. The van der Waals surface area contributed by atoms with Crippen LogP contribution in [0.15, 0.2) is 88.6 Å². The van der Waals surface area contributed by atoms with Crippen LogP contribution in [-0.2, 0) is 11.3 Å². The summed E-state index contributed by atoms with van der Waals surface area (Å²) >= 11 is 8.89. The van der Waals surface area contributed by atoms with Gasteiger partial charge >= 0.3 is 0 Å². The first kappa shape index (κ1) is 22.3. The van der Waals surface area contributed by atoms with Crippen molar-refractivity contribution in [2.45, 2.75) is 17.7 Å². The Labute approximate surface area is 198 Å². The van der Waals surface area contributed by atoms with Crippen LogP contribution in [0, 0.1) is 0 Å². The number of allylic oxidation sites excluding steroid dienone is 1. The summed E-state index contributed by atoms with van der Waals surface area (Å²) in [4.78, 5) is 31.5. The minimum absolute atomic E-state index is 0.115. The van der Waals surface area contributed by atoms with Gasteiger partial charge in [0.15, 0.2) is 5.16 Å². The van der Waals surface area contributed by atoms with Crippen LogP contribution in [0.2, 0.25) is 5.02 Å². The summed E-state index contributed by atoms with van der Waals surface area (Å²) in [6.45, 7) is 4.03. The van der Waals surface area contributed by atoms with E-state index < -0.39 is 0 Å². The molecule has 0 aliphatic rings. The van der Waals surface area contributed by atoms with Crippen molar-refractivity contribution in [1.29, 1.82) is 0 Å². The van der Waals surface area contributed by atoms with Gasteiger partial charge in [0.05, 0.1) is 22.7 Å². The predicted molar refractivity (Wildman–Crippen MR) is 133 cm³/mol. The molecule has 5 nitrogen and oxygen atoms in total. The maximum atomic E-state index is 12.9. The molecular weight excluding hydrogens is 462 g/mol. The Morgan fingerprint density at radius 2 is 2.03 bits per heavy atom. The molecule has 1 atom stereocenters. The minimum atomic E-state index is -0.233. The van der Waals surface area contributed by atoms with Gasteiger partial charge in [-0.25, -0.2) is 4.98 Å². The number of fused-ring (bicyclic) bond motifs is 1. The lowest BCUT2D eigenvalue weighted by Crippen LogP contribution is -2.30. The van der Waals surface area contributed by atoms with E-state index in [1.807, 2.05) is 47.8 Å². The van der Waals surface area contributed by atoms with Gasteiger partial charge in [-0.15, -0.1) is 17.9 Å². The van der Waals surface area contributed by atoms with Crippen LogP contribution in [0.1, 0.15) is 16.5 Å². The fourth-order valence-corrected chi connectivity index (χ4v) is 5.12. The molecule has 2 aromatic carbocycles. The number of nitrogens with one attached hydrogen (secondary N) is 1. The fraction of sp³-hybridized carbons (Fsp3) is 0.125. The van der Waals surface area contributed by atoms with Crippen LogP contribution >= 0.6 is 34.7 Å². The standard InChI is InChI=1S/C24H20ClN3O2S2/c1-2-12-28-23(30)18-11-10-17(25)14-19(18)26-24(28)32-15-21(29)27-22(20-9-6-13-31-20)16-7-4-3-5-8-16/h2-11,13-14,22H,1,12,15H2,(H,27,29)/t22-/m0/s1. The topological polar surface area (TPSA) is 64.0 Å². The highest BCUT2D eigenvalue weighted by Crippen LogP contribution is 2.26. The SMILES string of the molecule is C=CCn1c(SCC(=O)N[C@@H](c2ccccc2)c2cccs2)nc2cc(Cl)ccc2c1=O. The molecule has 1 N–H and O–H groups in total. The van der Waals surface area contributed by atoms with E-state index >= 15 is 0 Å². The highest BCUT2D eigenvalue weighted by atomic mass is 35.5. The molecule has 32 heavy (non-hydrogen) atoms. The van der Waals surface area contributed by atoms with Crippen LogP contribution in [0.25, 0.3) is 10.9 Å². The van der Waals surface area contributed by atoms with E-state index in [1.165, 1.54) is 16.3 Å². The highest BCUT2D eigenvalue weighted by Gasteiger charge is 2.19. The summed E-state index contributed by atoms with van der Waals surface area (Å²) in [5.41, 5.74) is 1.33. The van der Waals surface area contributed by atoms with E-state index in [0.717, 1.165) is 10.4 Å². The summed E-state index contributed by atoms with van der Waals surface area (Å²) < 4.78 is 1.52. The zero-order valence-corrected chi connectivity index (χ0v) is 19.4. The molecule has 4 aromatic rings. The van der Waals surface area contributed by atoms with E-state index in [4.69, 9.17) is 11.6 Å². The van der Waals surface area contributed by atoms with Crippen LogP contribution < -0.4 is 10.9 Å². The normalized spacial score (nSPS) is 11.9. The van der Waals surface area contributed by atoms with Gasteiger partial charge in [0, 0.05) is 16.4 Å². The number of carbonyl (C=O) groups excluding carboxylic acids is 1. The van der Waals surface area contributed by atoms with E-state index in [-0.39, 0.29) is 23.3 Å². The molecule has 0 aliphatic heterocycles. The lowest BCUT2D eigenvalue weighted by molar-refractivity contribution is -0.119. The van der Waals surface area contributed by atoms with Crippen molar-refractivity contribution in [1.82, 2.24) is 14.9 Å². The smallest absolute Gasteiger partial charge is 0.262 e. The van der Waals surface area contributed by atoms with Crippen LogP contribution in [0.3, 0.4) is 0 Å². The quantitative estimate of drug-likeness (QED) is 0.211. The number of benzene rings is 2. The van der Waals surface area contributed by atoms with Gasteiger partial charge in [0.2, 0.25) is 5.91 Å². The Balaban J connectivity index is 1.57. The largest absolute Gasteiger partial charge is 0.344 e. The van der Waals surface area contributed by atoms with Crippen molar-refractivity contribution < 1.29 is 4.79 Å². The molecule has 0 fully saturated rings. The van der Waals surface area contributed by atoms with Crippen molar-refractivity contribution in [3.63, 3.8) is 0 Å². The third-order valence-electron chi connectivity index (χ3n) is 4.79. The molecular formula is C24H20ClN3O2S2. The number of carbonyl (C=O) groups is 1. The third-order valence-corrected chi connectivity index (χ3v) is 6.94. The Hall–Kier alpha value is -2.87. The Bertz CT molecular complexity index is 1300. The summed E-state index contributed by atoms with van der Waals surface area (Å²) in [5.74, 6) is -0.0347. The molecule has 8 heteroatoms. The van der Waals surface area contributed by atoms with E-state index in [0.29, 0.717) is 27.6 Å². The van der Waals surface area contributed by atoms with Crippen molar-refractivity contribution in [2.75, 3.05) is 5.75 Å². The van der Waals surface area contributed by atoms with Crippen LogP contribution in [0.4, 0.5) is 0 Å². The number of amides is 1. The van der Waals surface area contributed by atoms with Crippen molar-refractivity contribution in [3.8, 4) is 0 Å². The number of hydrogen-bond donors (Lipinski definition) is 1. The summed E-state index contributed by atoms with van der Waals surface area (Å²) in [7, 11) is 0. The Morgan fingerprint density at radius 3 is 2.75 bits per heavy atom. The monoisotopic (exact) mass is 481 g/mol. The van der Waals surface area contributed by atoms with Gasteiger partial charge in [-0.2, -0.15) is 0 Å². The van der Waals surface area contributed by atoms with Gasteiger partial charge in [-0.05, 0) is 35.2 Å². The number of thiophene rings is 1. The zero-order valence-electron chi connectivity index (χ0n) is 17.0. The van der Waals surface area contributed by atoms with Crippen molar-refractivity contribution >= 4 is 51.5 Å². The highest BCUT2D eigenvalue weighted by molar-refractivity contribution is 7.99. The van der Waals surface area contributed by atoms with Gasteiger partial charge in [-0.1, -0.05) is 65.8 Å². The van der Waals surface area contributed by atoms with Gasteiger partial charge in [0.25, 0.3) is 5.56 Å². The summed E-state index contributed by atoms with van der Waals surface area (Å²) in [6, 6.07) is 18.6. The molecule has 0 saturated heterocycles. The predicted octanol–water partition coefficient (Wildman–Crippen LogP) is 5.30. The first-order chi connectivity index (χ1) is 15.6. The second kappa shape index (κ2) is 10.2. The third kappa shape index (κ3) is 4.96. The molecule has 2 heterocycles. The average molecular weight is 482 g/mol. The summed E-state index contributed by atoms with van der Waals surface area (Å²) in [6.07, 6.45) is 1.64. The van der Waals surface area contributed by atoms with Gasteiger partial charge in [0.1, 0.15) is 0 Å². The lowest BCUT2D eigenvalue weighted by Gasteiger charge is -2.18. The van der Waals surface area contributed by atoms with Crippen LogP contribution in [0.5, 0.6) is 0 Å². The van der Waals surface area contributed by atoms with E-state index in [9.17, 15) is 9.59 Å². The number of halogens is 1. The van der Waals surface area contributed by atoms with Crippen LogP contribution in [-0.4, -0.2) is 21.2 Å². The Kier molecular flexibility index (Phi) is 7.09. The molecule has 0 aliphatic carbocycles. The first-order valence-electron chi connectivity index (χ1n) is 9.88. The maximum absolute atomic E-state index is 12.9. The molecule has 162 valence electrons. The number of thioether (sulfide) groups is 1. The number of aromatic nitrogens is 2. The summed E-state index contributed by atoms with van der Waals surface area (Å²) in [5, 5.41) is 6.53. The molecule has 0 bridgehead atoms. The molecule has 0 spiro atoms. The molecule has 2 aromatic heterocycles. The van der Waals surface area contributed by atoms with Gasteiger partial charge < -0.3 is 5.32 Å². The average Bonchev–Trinajstić information content (AvgIpc) is 3.33. The molecule has 0 radical (unpaired) electrons. The zero-order chi connectivity index (χ0) is 22.5. The van der Waals surface area contributed by atoms with Gasteiger partial charge in [-0.3, -0.25) is 14.2 Å². The fourth-order valence-electron chi connectivity index (χ4n) is 3.33. The molecule has 0 saturated carbocycles. The molecule has 4 rings (SSSR count). The maximum Gasteiger partial charge on any atom is 0.262 e. The molecule has 1 amide bonds. The number of nitrogens with zero attached hydrogens (tertiary/aromatic N) is 2.